The van der Waals surface area contributed by atoms with E-state index in [1.165, 1.54) is 6.92 Å². The fourth-order valence-electron chi connectivity index (χ4n) is 0.926. The summed E-state index contributed by atoms with van der Waals surface area (Å²) >= 11 is 0. The second-order valence-electron chi connectivity index (χ2n) is 2.35. The standard InChI is InChI=1S/C6H8N2O4/c1-4(10)7-2-5(11)8(3-9)6(7)12/h9H,2-3H2,1H3. The van der Waals surface area contributed by atoms with Crippen LogP contribution >= 0.6 is 0 Å². The quantitative estimate of drug-likeness (QED) is 0.501. The first-order valence-electron chi connectivity index (χ1n) is 3.31. The summed E-state index contributed by atoms with van der Waals surface area (Å²) in [7, 11) is 0. The van der Waals surface area contributed by atoms with Gasteiger partial charge in [-0.1, -0.05) is 0 Å². The summed E-state index contributed by atoms with van der Waals surface area (Å²) in [6.07, 6.45) is 0. The van der Waals surface area contributed by atoms with Crippen LogP contribution in [0, 0.1) is 0 Å². The van der Waals surface area contributed by atoms with Gasteiger partial charge < -0.3 is 5.11 Å². The summed E-state index contributed by atoms with van der Waals surface area (Å²) in [6.45, 7) is 0.238. The van der Waals surface area contributed by atoms with Crippen molar-refractivity contribution in [1.29, 1.82) is 0 Å². The Morgan fingerprint density at radius 2 is 2.17 bits per heavy atom. The lowest BCUT2D eigenvalue weighted by Gasteiger charge is -2.10. The van der Waals surface area contributed by atoms with Crippen LogP contribution in [0.2, 0.25) is 0 Å². The summed E-state index contributed by atoms with van der Waals surface area (Å²) < 4.78 is 0. The molecule has 66 valence electrons. The number of amides is 4. The molecule has 0 bridgehead atoms. The molecule has 1 aliphatic rings. The third-order valence-corrected chi connectivity index (χ3v) is 1.58. The van der Waals surface area contributed by atoms with E-state index in [1.807, 2.05) is 0 Å². The second kappa shape index (κ2) is 2.90. The SMILES string of the molecule is CC(=O)N1CC(=O)N(CO)C1=O. The van der Waals surface area contributed by atoms with Crippen molar-refractivity contribution in [1.82, 2.24) is 9.80 Å². The number of aliphatic hydroxyl groups excluding tert-OH is 1. The predicted molar refractivity (Wildman–Crippen MR) is 36.7 cm³/mol. The van der Waals surface area contributed by atoms with Crippen molar-refractivity contribution in [3.8, 4) is 0 Å². The van der Waals surface area contributed by atoms with Gasteiger partial charge in [-0.2, -0.15) is 0 Å². The van der Waals surface area contributed by atoms with Crippen molar-refractivity contribution < 1.29 is 19.5 Å². The summed E-state index contributed by atoms with van der Waals surface area (Å²) in [5.41, 5.74) is 0. The largest absolute Gasteiger partial charge is 0.376 e. The van der Waals surface area contributed by atoms with Crippen molar-refractivity contribution in [2.24, 2.45) is 0 Å². The molecular weight excluding hydrogens is 164 g/mol. The smallest absolute Gasteiger partial charge is 0.335 e. The van der Waals surface area contributed by atoms with E-state index in [1.54, 1.807) is 0 Å². The highest BCUT2D eigenvalue weighted by molar-refractivity contribution is 6.09. The molecule has 1 N–H and O–H groups in total. The van der Waals surface area contributed by atoms with Crippen molar-refractivity contribution in [3.05, 3.63) is 0 Å². The molecule has 0 saturated carbocycles. The van der Waals surface area contributed by atoms with Gasteiger partial charge in [0.25, 0.3) is 5.91 Å². The molecule has 1 fully saturated rings. The number of aliphatic hydroxyl groups is 1. The van der Waals surface area contributed by atoms with Gasteiger partial charge in [0.15, 0.2) is 0 Å². The highest BCUT2D eigenvalue weighted by Gasteiger charge is 2.37. The molecule has 0 aromatic rings. The Morgan fingerprint density at radius 3 is 2.42 bits per heavy atom. The number of hydrogen-bond donors (Lipinski definition) is 1. The number of nitrogens with zero attached hydrogens (tertiary/aromatic N) is 2. The Kier molecular flexibility index (Phi) is 2.09. The van der Waals surface area contributed by atoms with Gasteiger partial charge in [-0.15, -0.1) is 0 Å². The topological polar surface area (TPSA) is 77.9 Å². The van der Waals surface area contributed by atoms with E-state index >= 15 is 0 Å². The maximum atomic E-state index is 11.0. The third kappa shape index (κ3) is 1.16. The molecule has 0 aromatic carbocycles. The van der Waals surface area contributed by atoms with E-state index in [0.717, 1.165) is 4.90 Å². The fourth-order valence-corrected chi connectivity index (χ4v) is 0.926. The molecule has 0 unspecified atom stereocenters. The van der Waals surface area contributed by atoms with Gasteiger partial charge in [0.2, 0.25) is 5.91 Å². The molecule has 6 heteroatoms. The van der Waals surface area contributed by atoms with E-state index in [2.05, 4.69) is 0 Å². The number of carbonyl (C=O) groups is 3. The van der Waals surface area contributed by atoms with Gasteiger partial charge in [0.1, 0.15) is 13.3 Å². The Labute approximate surface area is 68.4 Å². The Morgan fingerprint density at radius 1 is 1.58 bits per heavy atom. The minimum absolute atomic E-state index is 0.269. The number of hydrogen-bond acceptors (Lipinski definition) is 4. The molecule has 0 radical (unpaired) electrons. The minimum atomic E-state index is -0.755. The van der Waals surface area contributed by atoms with Gasteiger partial charge in [0, 0.05) is 6.92 Å². The molecule has 6 nitrogen and oxygen atoms in total. The second-order valence-corrected chi connectivity index (χ2v) is 2.35. The van der Waals surface area contributed by atoms with Crippen LogP contribution in [0.3, 0.4) is 0 Å². The molecule has 1 aliphatic heterocycles. The highest BCUT2D eigenvalue weighted by Crippen LogP contribution is 2.08. The first-order chi connectivity index (χ1) is 5.57. The molecule has 1 heterocycles. The van der Waals surface area contributed by atoms with E-state index in [0.29, 0.717) is 4.90 Å². The zero-order valence-electron chi connectivity index (χ0n) is 6.48. The zero-order chi connectivity index (χ0) is 9.30. The number of urea groups is 1. The van der Waals surface area contributed by atoms with Crippen LogP contribution in [0.4, 0.5) is 4.79 Å². The molecule has 0 aromatic heterocycles. The average molecular weight is 172 g/mol. The Balaban J connectivity index is 2.82. The Bertz CT molecular complexity index is 250. The molecule has 1 rings (SSSR count). The predicted octanol–water partition coefficient (Wildman–Crippen LogP) is -1.25. The molecule has 0 spiro atoms. The first kappa shape index (κ1) is 8.66. The molecular formula is C6H8N2O4. The molecule has 4 amide bonds. The molecule has 1 saturated heterocycles. The van der Waals surface area contributed by atoms with Crippen molar-refractivity contribution in [2.45, 2.75) is 6.92 Å². The normalized spacial score (nSPS) is 17.5. The van der Waals surface area contributed by atoms with Crippen LogP contribution in [0.25, 0.3) is 0 Å². The van der Waals surface area contributed by atoms with Crippen molar-refractivity contribution in [3.63, 3.8) is 0 Å². The van der Waals surface area contributed by atoms with E-state index in [9.17, 15) is 14.4 Å². The van der Waals surface area contributed by atoms with E-state index in [4.69, 9.17) is 5.11 Å². The summed E-state index contributed by atoms with van der Waals surface area (Å²) in [6, 6.07) is -0.755. The lowest BCUT2D eigenvalue weighted by molar-refractivity contribution is -0.130. The van der Waals surface area contributed by atoms with Gasteiger partial charge in [-0.3, -0.25) is 14.5 Å². The van der Waals surface area contributed by atoms with Crippen LogP contribution in [0.15, 0.2) is 0 Å². The number of rotatable bonds is 1. The van der Waals surface area contributed by atoms with Crippen LogP contribution in [0.5, 0.6) is 0 Å². The molecule has 0 aliphatic carbocycles. The summed E-state index contributed by atoms with van der Waals surface area (Å²) in [5.74, 6) is -1.05. The van der Waals surface area contributed by atoms with Crippen LogP contribution in [-0.2, 0) is 9.59 Å². The Hall–Kier alpha value is -1.43. The van der Waals surface area contributed by atoms with Crippen molar-refractivity contribution >= 4 is 17.8 Å². The van der Waals surface area contributed by atoms with Crippen LogP contribution in [0.1, 0.15) is 6.92 Å². The molecule has 0 atom stereocenters. The third-order valence-electron chi connectivity index (χ3n) is 1.58. The van der Waals surface area contributed by atoms with Gasteiger partial charge in [-0.25, -0.2) is 9.69 Å². The van der Waals surface area contributed by atoms with Gasteiger partial charge in [0.05, 0.1) is 0 Å². The van der Waals surface area contributed by atoms with Gasteiger partial charge >= 0.3 is 6.03 Å². The van der Waals surface area contributed by atoms with Crippen LogP contribution < -0.4 is 0 Å². The summed E-state index contributed by atoms with van der Waals surface area (Å²) in [4.78, 5) is 34.0. The minimum Gasteiger partial charge on any atom is -0.376 e. The maximum absolute atomic E-state index is 11.0. The lowest BCUT2D eigenvalue weighted by atomic mass is 10.5. The van der Waals surface area contributed by atoms with E-state index in [-0.39, 0.29) is 6.54 Å². The van der Waals surface area contributed by atoms with Crippen molar-refractivity contribution in [2.75, 3.05) is 13.3 Å². The average Bonchev–Trinajstić information content (AvgIpc) is 2.27. The fraction of sp³-hybridized carbons (Fsp3) is 0.500. The van der Waals surface area contributed by atoms with Crippen LogP contribution in [-0.4, -0.2) is 46.0 Å². The van der Waals surface area contributed by atoms with E-state index < -0.39 is 24.6 Å². The number of imide groups is 2. The monoisotopic (exact) mass is 172 g/mol. The summed E-state index contributed by atoms with van der Waals surface area (Å²) in [5, 5.41) is 8.55. The molecule has 12 heavy (non-hydrogen) atoms. The van der Waals surface area contributed by atoms with Gasteiger partial charge in [-0.05, 0) is 0 Å². The zero-order valence-corrected chi connectivity index (χ0v) is 6.48. The lowest BCUT2D eigenvalue weighted by Crippen LogP contribution is -2.35. The highest BCUT2D eigenvalue weighted by atomic mass is 16.3. The number of carbonyl (C=O) groups excluding carboxylic acids is 3. The first-order valence-corrected chi connectivity index (χ1v) is 3.31. The maximum Gasteiger partial charge on any atom is 0.335 e.